The number of carbonyl (C=O) groups excluding carboxylic acids is 2. The minimum atomic E-state index is -4.60. The van der Waals surface area contributed by atoms with E-state index in [9.17, 15) is 36.4 Å². The molecule has 0 unspecified atom stereocenters. The molecule has 0 aromatic heterocycles. The Kier molecular flexibility index (Phi) is 8.41. The number of nitriles is 1. The zero-order valence-electron chi connectivity index (χ0n) is 22.9. The lowest BCUT2D eigenvalue weighted by atomic mass is 9.73. The van der Waals surface area contributed by atoms with E-state index >= 15 is 0 Å². The second-order valence-corrected chi connectivity index (χ2v) is 13.7. The molecule has 5 rings (SSSR count). The fraction of sp³-hybridized carbons (Fsp3) is 0.483. The highest BCUT2D eigenvalue weighted by molar-refractivity contribution is 7.92. The van der Waals surface area contributed by atoms with Gasteiger partial charge in [0.2, 0.25) is 11.8 Å². The third kappa shape index (κ3) is 6.32. The van der Waals surface area contributed by atoms with Crippen molar-refractivity contribution >= 4 is 33.3 Å². The van der Waals surface area contributed by atoms with E-state index in [2.05, 4.69) is 16.1 Å². The van der Waals surface area contributed by atoms with E-state index in [0.717, 1.165) is 23.8 Å². The Bertz CT molecular complexity index is 1540. The van der Waals surface area contributed by atoms with Crippen LogP contribution in [0.4, 0.5) is 13.2 Å². The van der Waals surface area contributed by atoms with E-state index in [4.69, 9.17) is 16.3 Å². The van der Waals surface area contributed by atoms with Crippen LogP contribution in [0.15, 0.2) is 53.4 Å². The molecule has 2 saturated heterocycles. The molecule has 230 valence electrons. The summed E-state index contributed by atoms with van der Waals surface area (Å²) < 4.78 is 75.7. The third-order valence-corrected chi connectivity index (χ3v) is 10.9. The van der Waals surface area contributed by atoms with Crippen molar-refractivity contribution in [3.05, 3.63) is 59.1 Å². The van der Waals surface area contributed by atoms with E-state index < -0.39 is 56.7 Å². The highest BCUT2D eigenvalue weighted by Gasteiger charge is 2.54. The second-order valence-electron chi connectivity index (χ2n) is 11.1. The predicted molar refractivity (Wildman–Crippen MR) is 148 cm³/mol. The number of benzene rings is 2. The van der Waals surface area contributed by atoms with Crippen LogP contribution in [-0.2, 0) is 29.6 Å². The standard InChI is InChI=1S/C29H29ClF3N3O6S/c30-22-14-20(42-18-29(31,32)33)6-7-24(22)43(39,40)21-15-23(25(37)35-27(17-34)8-9-27)36(16-21)26(38)28(10-12-41-13-11-28)19-4-2-1-3-5-19/h1-7,14,21,23H,8-13,15-16,18H2,(H,35,37)/t21-,23+/m1/s1. The molecule has 0 bridgehead atoms. The first-order chi connectivity index (χ1) is 20.3. The molecule has 9 nitrogen and oxygen atoms in total. The van der Waals surface area contributed by atoms with Crippen LogP contribution < -0.4 is 10.1 Å². The van der Waals surface area contributed by atoms with E-state index in [-0.39, 0.29) is 28.6 Å². The van der Waals surface area contributed by atoms with Gasteiger partial charge in [0.25, 0.3) is 0 Å². The lowest BCUT2D eigenvalue weighted by Gasteiger charge is -2.40. The number of rotatable bonds is 8. The Morgan fingerprint density at radius 2 is 1.79 bits per heavy atom. The van der Waals surface area contributed by atoms with Gasteiger partial charge in [-0.2, -0.15) is 18.4 Å². The van der Waals surface area contributed by atoms with Gasteiger partial charge >= 0.3 is 6.18 Å². The molecular formula is C29H29ClF3N3O6S. The number of ether oxygens (including phenoxy) is 2. The van der Waals surface area contributed by atoms with E-state index in [1.807, 2.05) is 18.2 Å². The first-order valence-electron chi connectivity index (χ1n) is 13.7. The molecule has 3 aliphatic rings. The maximum absolute atomic E-state index is 14.5. The summed E-state index contributed by atoms with van der Waals surface area (Å²) in [6.45, 7) is -1.31. The first kappa shape index (κ1) is 31.1. The monoisotopic (exact) mass is 639 g/mol. The largest absolute Gasteiger partial charge is 0.484 e. The summed E-state index contributed by atoms with van der Waals surface area (Å²) in [4.78, 5) is 29.0. The molecule has 2 aliphatic heterocycles. The molecule has 2 amide bonds. The van der Waals surface area contributed by atoms with Gasteiger partial charge in [-0.1, -0.05) is 41.9 Å². The Labute approximate surface area is 251 Å². The van der Waals surface area contributed by atoms with Gasteiger partial charge in [0.15, 0.2) is 16.4 Å². The van der Waals surface area contributed by atoms with Crippen LogP contribution in [0.5, 0.6) is 5.75 Å². The number of sulfone groups is 1. The summed E-state index contributed by atoms with van der Waals surface area (Å²) in [5.74, 6) is -1.30. The molecule has 2 aromatic rings. The van der Waals surface area contributed by atoms with E-state index in [0.29, 0.717) is 38.9 Å². The molecule has 43 heavy (non-hydrogen) atoms. The van der Waals surface area contributed by atoms with Crippen LogP contribution in [0.1, 0.15) is 37.7 Å². The van der Waals surface area contributed by atoms with Gasteiger partial charge in [-0.15, -0.1) is 0 Å². The maximum atomic E-state index is 14.5. The molecule has 0 spiro atoms. The van der Waals surface area contributed by atoms with Crippen LogP contribution in [0.25, 0.3) is 0 Å². The van der Waals surface area contributed by atoms with E-state index in [1.165, 1.54) is 4.90 Å². The van der Waals surface area contributed by atoms with E-state index in [1.54, 1.807) is 12.1 Å². The molecular weight excluding hydrogens is 611 g/mol. The molecule has 2 atom stereocenters. The lowest BCUT2D eigenvalue weighted by Crippen LogP contribution is -2.55. The Morgan fingerprint density at radius 1 is 1.12 bits per heavy atom. The Hall–Kier alpha value is -3.34. The second kappa shape index (κ2) is 11.6. The fourth-order valence-corrected chi connectivity index (χ4v) is 7.96. The quantitative estimate of drug-likeness (QED) is 0.464. The summed E-state index contributed by atoms with van der Waals surface area (Å²) in [6, 6.07) is 13.1. The average Bonchev–Trinajstić information content (AvgIpc) is 3.60. The van der Waals surface area contributed by atoms with Crippen LogP contribution in [0, 0.1) is 11.3 Å². The van der Waals surface area contributed by atoms with Gasteiger partial charge in [-0.05, 0) is 49.8 Å². The van der Waals surface area contributed by atoms with Crippen molar-refractivity contribution in [1.82, 2.24) is 10.2 Å². The summed E-state index contributed by atoms with van der Waals surface area (Å²) in [6.07, 6.45) is -3.32. The highest BCUT2D eigenvalue weighted by Crippen LogP contribution is 2.42. The van der Waals surface area contributed by atoms with Gasteiger partial charge in [0.1, 0.15) is 17.3 Å². The van der Waals surface area contributed by atoms with Gasteiger partial charge < -0.3 is 19.7 Å². The third-order valence-electron chi connectivity index (χ3n) is 8.29. The molecule has 1 saturated carbocycles. The molecule has 14 heteroatoms. The van der Waals surface area contributed by atoms with Crippen molar-refractivity contribution in [2.24, 2.45) is 0 Å². The molecule has 1 N–H and O–H groups in total. The average molecular weight is 640 g/mol. The molecule has 0 radical (unpaired) electrons. The SMILES string of the molecule is N#CC1(NC(=O)[C@@H]2C[C@@H](S(=O)(=O)c3ccc(OCC(F)(F)F)cc3Cl)CN2C(=O)C2(c3ccccc3)CCOCC2)CC1. The van der Waals surface area contributed by atoms with Gasteiger partial charge in [-0.3, -0.25) is 9.59 Å². The number of carbonyl (C=O) groups is 2. The Balaban J connectivity index is 1.47. The first-order valence-corrected chi connectivity index (χ1v) is 15.6. The van der Waals surface area contributed by atoms with Crippen LogP contribution in [0.2, 0.25) is 5.02 Å². The summed E-state index contributed by atoms with van der Waals surface area (Å²) in [5.41, 5.74) is -1.38. The zero-order chi connectivity index (χ0) is 31.0. The van der Waals surface area contributed by atoms with Crippen molar-refractivity contribution < 1.29 is 40.7 Å². The van der Waals surface area contributed by atoms with Crippen molar-refractivity contribution in [3.8, 4) is 11.8 Å². The number of alkyl halides is 3. The fourth-order valence-electron chi connectivity index (χ4n) is 5.73. The topological polar surface area (TPSA) is 126 Å². The number of nitrogens with zero attached hydrogens (tertiary/aromatic N) is 2. The van der Waals surface area contributed by atoms with Crippen molar-refractivity contribution in [2.45, 2.75) is 65.4 Å². The molecule has 3 fully saturated rings. The molecule has 2 aromatic carbocycles. The zero-order valence-corrected chi connectivity index (χ0v) is 24.5. The van der Waals surface area contributed by atoms with Crippen LogP contribution in [-0.4, -0.2) is 74.5 Å². The number of hydrogen-bond donors (Lipinski definition) is 1. The normalized spacial score (nSPS) is 22.8. The summed E-state index contributed by atoms with van der Waals surface area (Å²) in [7, 11) is -4.28. The smallest absolute Gasteiger partial charge is 0.422 e. The van der Waals surface area contributed by atoms with Crippen LogP contribution >= 0.6 is 11.6 Å². The van der Waals surface area contributed by atoms with Crippen molar-refractivity contribution in [2.75, 3.05) is 26.4 Å². The number of nitrogens with one attached hydrogen (secondary N) is 1. The lowest BCUT2D eigenvalue weighted by molar-refractivity contribution is -0.153. The maximum Gasteiger partial charge on any atom is 0.422 e. The van der Waals surface area contributed by atoms with Crippen molar-refractivity contribution in [3.63, 3.8) is 0 Å². The molecule has 1 aliphatic carbocycles. The minimum Gasteiger partial charge on any atom is -0.484 e. The number of amides is 2. The molecule has 2 heterocycles. The van der Waals surface area contributed by atoms with Gasteiger partial charge in [0, 0.05) is 25.8 Å². The van der Waals surface area contributed by atoms with Crippen molar-refractivity contribution in [1.29, 1.82) is 5.26 Å². The number of likely N-dealkylation sites (tertiary alicyclic amines) is 1. The summed E-state index contributed by atoms with van der Waals surface area (Å²) >= 11 is 6.23. The minimum absolute atomic E-state index is 0.258. The Morgan fingerprint density at radius 3 is 2.37 bits per heavy atom. The predicted octanol–water partition coefficient (Wildman–Crippen LogP) is 3.95. The van der Waals surface area contributed by atoms with Gasteiger partial charge in [-0.25, -0.2) is 8.42 Å². The van der Waals surface area contributed by atoms with Crippen LogP contribution in [0.3, 0.4) is 0 Å². The summed E-state index contributed by atoms with van der Waals surface area (Å²) in [5, 5.41) is 10.6. The number of hydrogen-bond acceptors (Lipinski definition) is 7. The highest BCUT2D eigenvalue weighted by atomic mass is 35.5. The number of halogens is 4. The van der Waals surface area contributed by atoms with Gasteiger partial charge in [0.05, 0.1) is 26.7 Å².